The number of benzene rings is 1. The SMILES string of the molecule is CC(C)(C)C=CC(=O)N1CCC(C(O)c2ccccc2)CC1. The van der Waals surface area contributed by atoms with E-state index in [1.807, 2.05) is 41.3 Å². The van der Waals surface area contributed by atoms with Crippen LogP contribution in [0.1, 0.15) is 45.3 Å². The zero-order chi connectivity index (χ0) is 16.2. The Bertz CT molecular complexity index is 508. The van der Waals surface area contributed by atoms with E-state index < -0.39 is 6.10 Å². The standard InChI is InChI=1S/C19H27NO2/c1-19(2,3)12-9-17(21)20-13-10-16(11-14-20)18(22)15-7-5-4-6-8-15/h4-9,12,16,18,22H,10-11,13-14H2,1-3H3. The van der Waals surface area contributed by atoms with Crippen LogP contribution in [0, 0.1) is 11.3 Å². The highest BCUT2D eigenvalue weighted by Crippen LogP contribution is 2.30. The Morgan fingerprint density at radius 2 is 1.82 bits per heavy atom. The van der Waals surface area contributed by atoms with Crippen LogP contribution in [-0.4, -0.2) is 29.0 Å². The molecule has 2 rings (SSSR count). The van der Waals surface area contributed by atoms with Crippen LogP contribution in [0.25, 0.3) is 0 Å². The minimum atomic E-state index is -0.427. The molecule has 0 bridgehead atoms. The molecule has 1 N–H and O–H groups in total. The highest BCUT2D eigenvalue weighted by atomic mass is 16.3. The van der Waals surface area contributed by atoms with Gasteiger partial charge < -0.3 is 10.0 Å². The molecule has 22 heavy (non-hydrogen) atoms. The molecule has 1 saturated heterocycles. The van der Waals surface area contributed by atoms with Crippen LogP contribution in [0.5, 0.6) is 0 Å². The molecule has 0 radical (unpaired) electrons. The third kappa shape index (κ3) is 4.70. The second kappa shape index (κ2) is 7.10. The second-order valence-corrected chi connectivity index (χ2v) is 7.22. The number of carbonyl (C=O) groups is 1. The maximum Gasteiger partial charge on any atom is 0.246 e. The van der Waals surface area contributed by atoms with Gasteiger partial charge in [-0.3, -0.25) is 4.79 Å². The van der Waals surface area contributed by atoms with Crippen LogP contribution >= 0.6 is 0 Å². The molecule has 3 nitrogen and oxygen atoms in total. The Balaban J connectivity index is 1.88. The van der Waals surface area contributed by atoms with Gasteiger partial charge in [-0.05, 0) is 35.8 Å². The number of rotatable bonds is 3. The van der Waals surface area contributed by atoms with Gasteiger partial charge in [0.25, 0.3) is 0 Å². The number of carbonyl (C=O) groups excluding carboxylic acids is 1. The average molecular weight is 301 g/mol. The summed E-state index contributed by atoms with van der Waals surface area (Å²) >= 11 is 0. The summed E-state index contributed by atoms with van der Waals surface area (Å²) in [5, 5.41) is 10.5. The fraction of sp³-hybridized carbons (Fsp3) is 0.526. The van der Waals surface area contributed by atoms with E-state index in [1.54, 1.807) is 6.08 Å². The first kappa shape index (κ1) is 16.8. The quantitative estimate of drug-likeness (QED) is 0.867. The number of likely N-dealkylation sites (tertiary alicyclic amines) is 1. The van der Waals surface area contributed by atoms with Crippen molar-refractivity contribution in [2.45, 2.75) is 39.7 Å². The lowest BCUT2D eigenvalue weighted by atomic mass is 9.87. The van der Waals surface area contributed by atoms with Crippen LogP contribution < -0.4 is 0 Å². The van der Waals surface area contributed by atoms with Crippen LogP contribution in [0.3, 0.4) is 0 Å². The minimum absolute atomic E-state index is 0.0253. The zero-order valence-corrected chi connectivity index (χ0v) is 13.8. The number of allylic oxidation sites excluding steroid dienone is 1. The van der Waals surface area contributed by atoms with Gasteiger partial charge in [-0.25, -0.2) is 0 Å². The van der Waals surface area contributed by atoms with Crippen molar-refractivity contribution in [1.29, 1.82) is 0 Å². The summed E-state index contributed by atoms with van der Waals surface area (Å²) in [5.74, 6) is 0.320. The molecule has 3 heteroatoms. The summed E-state index contributed by atoms with van der Waals surface area (Å²) in [4.78, 5) is 14.1. The van der Waals surface area contributed by atoms with Gasteiger partial charge in [0.2, 0.25) is 5.91 Å². The molecular weight excluding hydrogens is 274 g/mol. The summed E-state index contributed by atoms with van der Waals surface area (Å²) in [7, 11) is 0. The highest BCUT2D eigenvalue weighted by Gasteiger charge is 2.27. The topological polar surface area (TPSA) is 40.5 Å². The van der Waals surface area contributed by atoms with E-state index >= 15 is 0 Å². The first-order valence-electron chi connectivity index (χ1n) is 8.08. The van der Waals surface area contributed by atoms with Crippen molar-refractivity contribution in [2.75, 3.05) is 13.1 Å². The van der Waals surface area contributed by atoms with E-state index in [-0.39, 0.29) is 17.2 Å². The molecular formula is C19H27NO2. The molecule has 1 fully saturated rings. The van der Waals surface area contributed by atoms with Gasteiger partial charge in [0.1, 0.15) is 0 Å². The molecule has 1 heterocycles. The van der Waals surface area contributed by atoms with E-state index in [0.717, 1.165) is 31.5 Å². The van der Waals surface area contributed by atoms with E-state index in [0.29, 0.717) is 0 Å². The number of hydrogen-bond acceptors (Lipinski definition) is 2. The summed E-state index contributed by atoms with van der Waals surface area (Å²) in [6, 6.07) is 9.80. The molecule has 1 aromatic rings. The van der Waals surface area contributed by atoms with E-state index in [4.69, 9.17) is 0 Å². The molecule has 0 aromatic heterocycles. The molecule has 1 unspecified atom stereocenters. The van der Waals surface area contributed by atoms with Gasteiger partial charge in [-0.1, -0.05) is 57.2 Å². The highest BCUT2D eigenvalue weighted by molar-refractivity contribution is 5.87. The number of aliphatic hydroxyl groups excluding tert-OH is 1. The number of nitrogens with zero attached hydrogens (tertiary/aromatic N) is 1. The Labute approximate surface area is 133 Å². The smallest absolute Gasteiger partial charge is 0.246 e. The summed E-state index contributed by atoms with van der Waals surface area (Å²) in [6.45, 7) is 7.70. The van der Waals surface area contributed by atoms with Gasteiger partial charge in [-0.2, -0.15) is 0 Å². The number of piperidine rings is 1. The van der Waals surface area contributed by atoms with Gasteiger partial charge in [0.05, 0.1) is 6.10 Å². The monoisotopic (exact) mass is 301 g/mol. The molecule has 0 spiro atoms. The van der Waals surface area contributed by atoms with Gasteiger partial charge in [0.15, 0.2) is 0 Å². The predicted molar refractivity (Wildman–Crippen MR) is 89.3 cm³/mol. The molecule has 0 saturated carbocycles. The molecule has 0 aliphatic carbocycles. The van der Waals surface area contributed by atoms with E-state index in [9.17, 15) is 9.90 Å². The maximum absolute atomic E-state index is 12.2. The lowest BCUT2D eigenvalue weighted by Gasteiger charge is -2.34. The second-order valence-electron chi connectivity index (χ2n) is 7.22. The van der Waals surface area contributed by atoms with Crippen molar-refractivity contribution in [3.05, 3.63) is 48.0 Å². The largest absolute Gasteiger partial charge is 0.388 e. The number of aliphatic hydroxyl groups is 1. The first-order valence-corrected chi connectivity index (χ1v) is 8.08. The van der Waals surface area contributed by atoms with E-state index in [1.165, 1.54) is 0 Å². The summed E-state index contributed by atoms with van der Waals surface area (Å²) in [6.07, 6.45) is 4.92. The Morgan fingerprint density at radius 3 is 2.36 bits per heavy atom. The molecule has 1 aliphatic rings. The van der Waals surface area contributed by atoms with E-state index in [2.05, 4.69) is 20.8 Å². The fourth-order valence-corrected chi connectivity index (χ4v) is 2.78. The molecule has 1 amide bonds. The van der Waals surface area contributed by atoms with Crippen molar-refractivity contribution in [3.63, 3.8) is 0 Å². The van der Waals surface area contributed by atoms with Gasteiger partial charge >= 0.3 is 0 Å². The Kier molecular flexibility index (Phi) is 5.41. The summed E-state index contributed by atoms with van der Waals surface area (Å²) in [5.41, 5.74) is 0.997. The predicted octanol–water partition coefficient (Wildman–Crippen LogP) is 3.56. The maximum atomic E-state index is 12.2. The van der Waals surface area contributed by atoms with Crippen LogP contribution in [-0.2, 0) is 4.79 Å². The van der Waals surface area contributed by atoms with Crippen LogP contribution in [0.4, 0.5) is 0 Å². The third-order valence-corrected chi connectivity index (χ3v) is 4.16. The summed E-state index contributed by atoms with van der Waals surface area (Å²) < 4.78 is 0. The number of amides is 1. The fourth-order valence-electron chi connectivity index (χ4n) is 2.78. The van der Waals surface area contributed by atoms with Crippen molar-refractivity contribution in [3.8, 4) is 0 Å². The number of hydrogen-bond donors (Lipinski definition) is 1. The van der Waals surface area contributed by atoms with Crippen LogP contribution in [0.15, 0.2) is 42.5 Å². The molecule has 1 aliphatic heterocycles. The Hall–Kier alpha value is -1.61. The normalized spacial score (nSPS) is 18.6. The van der Waals surface area contributed by atoms with Crippen molar-refractivity contribution < 1.29 is 9.90 Å². The molecule has 120 valence electrons. The average Bonchev–Trinajstić information content (AvgIpc) is 2.52. The lowest BCUT2D eigenvalue weighted by molar-refractivity contribution is -0.128. The van der Waals surface area contributed by atoms with Crippen molar-refractivity contribution in [2.24, 2.45) is 11.3 Å². The minimum Gasteiger partial charge on any atom is -0.388 e. The zero-order valence-electron chi connectivity index (χ0n) is 13.8. The third-order valence-electron chi connectivity index (χ3n) is 4.16. The van der Waals surface area contributed by atoms with Crippen molar-refractivity contribution >= 4 is 5.91 Å². The van der Waals surface area contributed by atoms with Crippen molar-refractivity contribution in [1.82, 2.24) is 4.90 Å². The Morgan fingerprint density at radius 1 is 1.23 bits per heavy atom. The molecule has 1 atom stereocenters. The van der Waals surface area contributed by atoms with Gasteiger partial charge in [-0.15, -0.1) is 0 Å². The van der Waals surface area contributed by atoms with Crippen LogP contribution in [0.2, 0.25) is 0 Å². The first-order chi connectivity index (χ1) is 10.4. The van der Waals surface area contributed by atoms with Gasteiger partial charge in [0, 0.05) is 13.1 Å². The lowest BCUT2D eigenvalue weighted by Crippen LogP contribution is -2.39. The molecule has 1 aromatic carbocycles.